The number of sulfone groups is 1. The van der Waals surface area contributed by atoms with Crippen LogP contribution in [0.4, 0.5) is 10.1 Å². The van der Waals surface area contributed by atoms with Crippen molar-refractivity contribution < 1.29 is 17.6 Å². The molecule has 0 bridgehead atoms. The minimum absolute atomic E-state index is 0.0182. The minimum Gasteiger partial charge on any atom is -0.384 e. The topological polar surface area (TPSA) is 66.5 Å². The van der Waals surface area contributed by atoms with Gasteiger partial charge in [-0.05, 0) is 24.6 Å². The van der Waals surface area contributed by atoms with E-state index < -0.39 is 15.7 Å². The first-order chi connectivity index (χ1) is 10.3. The third kappa shape index (κ3) is 4.33. The predicted octanol–water partition coefficient (Wildman–Crippen LogP) is 1.93. The lowest BCUT2D eigenvalue weighted by Crippen LogP contribution is -2.38. The molecule has 1 saturated heterocycles. The van der Waals surface area contributed by atoms with Crippen molar-refractivity contribution in [2.75, 3.05) is 30.4 Å². The SMILES string of the molecule is CN(C(=O)CCNc1ccc(F)c(Cl)c1)C1CCS(=O)(=O)C1. The van der Waals surface area contributed by atoms with Crippen molar-refractivity contribution in [2.45, 2.75) is 18.9 Å². The number of carbonyl (C=O) groups is 1. The summed E-state index contributed by atoms with van der Waals surface area (Å²) in [4.78, 5) is 13.6. The van der Waals surface area contributed by atoms with E-state index in [0.29, 0.717) is 18.7 Å². The lowest BCUT2D eigenvalue weighted by atomic mass is 10.2. The van der Waals surface area contributed by atoms with Crippen molar-refractivity contribution in [3.05, 3.63) is 29.0 Å². The lowest BCUT2D eigenvalue weighted by Gasteiger charge is -2.23. The molecule has 1 atom stereocenters. The van der Waals surface area contributed by atoms with Gasteiger partial charge in [0.25, 0.3) is 0 Å². The second kappa shape index (κ2) is 6.83. The van der Waals surface area contributed by atoms with Crippen LogP contribution >= 0.6 is 11.6 Å². The molecule has 22 heavy (non-hydrogen) atoms. The molecule has 0 spiro atoms. The maximum Gasteiger partial charge on any atom is 0.224 e. The van der Waals surface area contributed by atoms with E-state index >= 15 is 0 Å². The number of halogens is 2. The molecule has 0 aromatic heterocycles. The number of nitrogens with one attached hydrogen (secondary N) is 1. The second-order valence-electron chi connectivity index (χ2n) is 5.37. The van der Waals surface area contributed by atoms with E-state index in [1.165, 1.54) is 17.0 Å². The van der Waals surface area contributed by atoms with Crippen molar-refractivity contribution in [3.8, 4) is 0 Å². The van der Waals surface area contributed by atoms with E-state index in [1.54, 1.807) is 13.1 Å². The zero-order valence-corrected chi connectivity index (χ0v) is 13.8. The van der Waals surface area contributed by atoms with Crippen molar-refractivity contribution in [3.63, 3.8) is 0 Å². The van der Waals surface area contributed by atoms with Crippen LogP contribution in [0.1, 0.15) is 12.8 Å². The second-order valence-corrected chi connectivity index (χ2v) is 8.00. The van der Waals surface area contributed by atoms with Crippen LogP contribution in [0.5, 0.6) is 0 Å². The Hall–Kier alpha value is -1.34. The lowest BCUT2D eigenvalue weighted by molar-refractivity contribution is -0.131. The van der Waals surface area contributed by atoms with E-state index in [-0.39, 0.29) is 34.9 Å². The number of rotatable bonds is 5. The Balaban J connectivity index is 1.81. The van der Waals surface area contributed by atoms with Crippen LogP contribution in [0.3, 0.4) is 0 Å². The molecule has 0 radical (unpaired) electrons. The van der Waals surface area contributed by atoms with E-state index in [4.69, 9.17) is 11.6 Å². The fraction of sp³-hybridized carbons (Fsp3) is 0.500. The van der Waals surface area contributed by atoms with E-state index in [0.717, 1.165) is 0 Å². The Bertz CT molecular complexity index is 666. The van der Waals surface area contributed by atoms with Gasteiger partial charge in [0.05, 0.1) is 16.5 Å². The van der Waals surface area contributed by atoms with E-state index in [1.807, 2.05) is 0 Å². The summed E-state index contributed by atoms with van der Waals surface area (Å²) in [5.41, 5.74) is 0.630. The maximum absolute atomic E-state index is 13.0. The van der Waals surface area contributed by atoms with Gasteiger partial charge in [-0.1, -0.05) is 11.6 Å². The van der Waals surface area contributed by atoms with Gasteiger partial charge in [0.1, 0.15) is 5.82 Å². The number of amides is 1. The summed E-state index contributed by atoms with van der Waals surface area (Å²) in [7, 11) is -1.38. The fourth-order valence-electron chi connectivity index (χ4n) is 2.38. The number of hydrogen-bond donors (Lipinski definition) is 1. The molecule has 1 fully saturated rings. The Morgan fingerprint density at radius 2 is 2.23 bits per heavy atom. The first-order valence-electron chi connectivity index (χ1n) is 6.93. The first-order valence-corrected chi connectivity index (χ1v) is 9.13. The molecule has 1 aliphatic heterocycles. The average molecular weight is 349 g/mol. The fourth-order valence-corrected chi connectivity index (χ4v) is 4.34. The normalized spacial score (nSPS) is 19.9. The quantitative estimate of drug-likeness (QED) is 0.883. The molecule has 1 amide bonds. The van der Waals surface area contributed by atoms with Crippen molar-refractivity contribution in [2.24, 2.45) is 0 Å². The molecule has 1 aliphatic rings. The molecular weight excluding hydrogens is 331 g/mol. The number of hydrogen-bond acceptors (Lipinski definition) is 4. The van der Waals surface area contributed by atoms with E-state index in [9.17, 15) is 17.6 Å². The predicted molar refractivity (Wildman–Crippen MR) is 84.3 cm³/mol. The summed E-state index contributed by atoms with van der Waals surface area (Å²) < 4.78 is 35.9. The van der Waals surface area contributed by atoms with Crippen LogP contribution in [-0.2, 0) is 14.6 Å². The zero-order chi connectivity index (χ0) is 16.3. The summed E-state index contributed by atoms with van der Waals surface area (Å²) in [6.07, 6.45) is 0.716. The van der Waals surface area contributed by atoms with Crippen LogP contribution in [0.15, 0.2) is 18.2 Å². The maximum atomic E-state index is 13.0. The number of carbonyl (C=O) groups excluding carboxylic acids is 1. The minimum atomic E-state index is -3.01. The van der Waals surface area contributed by atoms with Gasteiger partial charge < -0.3 is 10.2 Å². The van der Waals surface area contributed by atoms with Gasteiger partial charge in [0, 0.05) is 31.7 Å². The highest BCUT2D eigenvalue weighted by molar-refractivity contribution is 7.91. The Morgan fingerprint density at radius 3 is 2.82 bits per heavy atom. The molecule has 1 N–H and O–H groups in total. The van der Waals surface area contributed by atoms with Crippen molar-refractivity contribution in [1.82, 2.24) is 4.90 Å². The van der Waals surface area contributed by atoms with Crippen LogP contribution in [0, 0.1) is 5.82 Å². The van der Waals surface area contributed by atoms with Gasteiger partial charge >= 0.3 is 0 Å². The molecule has 122 valence electrons. The Labute approximate surface area is 134 Å². The number of anilines is 1. The standard InChI is InChI=1S/C14H18ClFN2O3S/c1-18(11-5-7-22(20,21)9-11)14(19)4-6-17-10-2-3-13(16)12(15)8-10/h2-3,8,11,17H,4-7,9H2,1H3. The summed E-state index contributed by atoms with van der Waals surface area (Å²) in [5, 5.41) is 3.01. The van der Waals surface area contributed by atoms with Gasteiger partial charge in [-0.2, -0.15) is 0 Å². The molecular formula is C14H18ClFN2O3S. The molecule has 1 unspecified atom stereocenters. The van der Waals surface area contributed by atoms with Gasteiger partial charge in [0.2, 0.25) is 5.91 Å². The summed E-state index contributed by atoms with van der Waals surface area (Å²) >= 11 is 5.67. The number of benzene rings is 1. The number of nitrogens with zero attached hydrogens (tertiary/aromatic N) is 1. The van der Waals surface area contributed by atoms with Crippen LogP contribution in [-0.4, -0.2) is 50.4 Å². The zero-order valence-electron chi connectivity index (χ0n) is 12.2. The molecule has 5 nitrogen and oxygen atoms in total. The highest BCUT2D eigenvalue weighted by Crippen LogP contribution is 2.20. The summed E-state index contributed by atoms with van der Waals surface area (Å²) in [6, 6.07) is 4.01. The van der Waals surface area contributed by atoms with Crippen LogP contribution in [0.25, 0.3) is 0 Å². The third-order valence-electron chi connectivity index (χ3n) is 3.74. The summed E-state index contributed by atoms with van der Waals surface area (Å²) in [6.45, 7) is 0.366. The van der Waals surface area contributed by atoms with Crippen molar-refractivity contribution >= 4 is 33.0 Å². The van der Waals surface area contributed by atoms with E-state index in [2.05, 4.69) is 5.32 Å². The Kier molecular flexibility index (Phi) is 5.28. The molecule has 1 aromatic carbocycles. The molecule has 0 saturated carbocycles. The van der Waals surface area contributed by atoms with Gasteiger partial charge in [-0.25, -0.2) is 12.8 Å². The molecule has 1 heterocycles. The Morgan fingerprint density at radius 1 is 1.50 bits per heavy atom. The van der Waals surface area contributed by atoms with Crippen LogP contribution in [0.2, 0.25) is 5.02 Å². The molecule has 1 aromatic rings. The van der Waals surface area contributed by atoms with Crippen molar-refractivity contribution in [1.29, 1.82) is 0 Å². The smallest absolute Gasteiger partial charge is 0.224 e. The van der Waals surface area contributed by atoms with Crippen LogP contribution < -0.4 is 5.32 Å². The van der Waals surface area contributed by atoms with Gasteiger partial charge in [-0.3, -0.25) is 4.79 Å². The molecule has 8 heteroatoms. The summed E-state index contributed by atoms with van der Waals surface area (Å²) in [5.74, 6) is -0.439. The van der Waals surface area contributed by atoms with Gasteiger partial charge in [0.15, 0.2) is 9.84 Å². The highest BCUT2D eigenvalue weighted by atomic mass is 35.5. The monoisotopic (exact) mass is 348 g/mol. The molecule has 0 aliphatic carbocycles. The third-order valence-corrected chi connectivity index (χ3v) is 5.78. The molecule has 2 rings (SSSR count). The average Bonchev–Trinajstić information content (AvgIpc) is 2.82. The first kappa shape index (κ1) is 17.0. The highest BCUT2D eigenvalue weighted by Gasteiger charge is 2.32. The van der Waals surface area contributed by atoms with Gasteiger partial charge in [-0.15, -0.1) is 0 Å². The largest absolute Gasteiger partial charge is 0.384 e.